The number of aliphatic carboxylic acids is 1. The fourth-order valence-electron chi connectivity index (χ4n) is 3.43. The third kappa shape index (κ3) is 6.03. The molecule has 0 saturated heterocycles. The zero-order valence-electron chi connectivity index (χ0n) is 17.7. The van der Waals surface area contributed by atoms with Crippen molar-refractivity contribution in [2.75, 3.05) is 10.6 Å². The first-order valence-electron chi connectivity index (χ1n) is 10.2. The van der Waals surface area contributed by atoms with Crippen LogP contribution in [0.1, 0.15) is 41.7 Å². The Balaban J connectivity index is 0.000000406. The van der Waals surface area contributed by atoms with Gasteiger partial charge in [0.15, 0.2) is 0 Å². The average molecular weight is 494 g/mol. The van der Waals surface area contributed by atoms with Crippen molar-refractivity contribution in [2.45, 2.75) is 43.9 Å². The second kappa shape index (κ2) is 10.5. The first kappa shape index (κ1) is 25.0. The molecule has 34 heavy (non-hydrogen) atoms. The Labute approximate surface area is 196 Å². The Bertz CT molecular complexity index is 1220. The summed E-state index contributed by atoms with van der Waals surface area (Å²) < 4.78 is 33.4. The quantitative estimate of drug-likeness (QED) is 0.431. The Morgan fingerprint density at radius 3 is 2.53 bits per heavy atom. The van der Waals surface area contributed by atoms with E-state index in [-0.39, 0.29) is 18.0 Å². The molecule has 2 atom stereocenters. The number of amides is 1. The number of carboxylic acid groups (broad SMARTS) is 1. The maximum absolute atomic E-state index is 12.7. The molecule has 0 radical (unpaired) electrons. The third-order valence-corrected chi connectivity index (χ3v) is 5.91. The minimum atomic E-state index is -5.08. The van der Waals surface area contributed by atoms with E-state index in [1.807, 2.05) is 18.2 Å². The number of hydrogen-bond donors (Lipinski definition) is 4. The van der Waals surface area contributed by atoms with Crippen molar-refractivity contribution in [3.8, 4) is 6.07 Å². The Kier molecular flexibility index (Phi) is 7.75. The molecule has 3 aromatic rings. The van der Waals surface area contributed by atoms with Crippen molar-refractivity contribution in [2.24, 2.45) is 5.73 Å². The summed E-state index contributed by atoms with van der Waals surface area (Å²) in [6.45, 7) is 0. The van der Waals surface area contributed by atoms with Crippen molar-refractivity contribution < 1.29 is 27.9 Å². The number of carbonyl (C=O) groups is 2. The van der Waals surface area contributed by atoms with Gasteiger partial charge in [0.25, 0.3) is 5.91 Å². The third-order valence-electron chi connectivity index (χ3n) is 5.16. The summed E-state index contributed by atoms with van der Waals surface area (Å²) in [5, 5.41) is 30.5. The van der Waals surface area contributed by atoms with Crippen molar-refractivity contribution >= 4 is 40.2 Å². The standard InChI is InChI=1S/C19H20N6OS.C2HF3O2/c20-9-12-10-27-11-16(12)23-19(26)17-7-5-13-6-8-18(24-25(13)17)22-15-4-2-1-3-14(15)21;3-2(4,5)1(6)7/h5-8,10-11,14-15H,1-4,21H2,(H,22,24)(H,23,26);(H,6,7)/t14-,15+;/m0./s1. The molecular formula is C21H21F3N6O3S. The Morgan fingerprint density at radius 2 is 1.88 bits per heavy atom. The summed E-state index contributed by atoms with van der Waals surface area (Å²) in [7, 11) is 0. The van der Waals surface area contributed by atoms with Gasteiger partial charge in [0.1, 0.15) is 17.6 Å². The van der Waals surface area contributed by atoms with Crippen LogP contribution in [0.5, 0.6) is 0 Å². The van der Waals surface area contributed by atoms with Crippen LogP contribution in [0.2, 0.25) is 0 Å². The first-order chi connectivity index (χ1) is 16.1. The van der Waals surface area contributed by atoms with E-state index >= 15 is 0 Å². The minimum Gasteiger partial charge on any atom is -0.475 e. The normalized spacial score (nSPS) is 17.9. The lowest BCUT2D eigenvalue weighted by Crippen LogP contribution is -2.42. The predicted octanol–water partition coefficient (Wildman–Crippen LogP) is 3.83. The summed E-state index contributed by atoms with van der Waals surface area (Å²) in [5.41, 5.74) is 8.42. The highest BCUT2D eigenvalue weighted by Gasteiger charge is 2.38. The highest BCUT2D eigenvalue weighted by molar-refractivity contribution is 7.08. The molecule has 1 amide bonds. The van der Waals surface area contributed by atoms with Crippen LogP contribution >= 0.6 is 11.3 Å². The van der Waals surface area contributed by atoms with E-state index < -0.39 is 12.1 Å². The molecule has 1 saturated carbocycles. The maximum atomic E-state index is 12.7. The summed E-state index contributed by atoms with van der Waals surface area (Å²) >= 11 is 1.37. The van der Waals surface area contributed by atoms with Gasteiger partial charge in [-0.25, -0.2) is 9.31 Å². The highest BCUT2D eigenvalue weighted by atomic mass is 32.1. The summed E-state index contributed by atoms with van der Waals surface area (Å²) in [6, 6.07) is 9.79. The van der Waals surface area contributed by atoms with Gasteiger partial charge in [-0.2, -0.15) is 18.4 Å². The molecular weight excluding hydrogens is 473 g/mol. The molecule has 1 aliphatic carbocycles. The van der Waals surface area contributed by atoms with Gasteiger partial charge < -0.3 is 21.5 Å². The smallest absolute Gasteiger partial charge is 0.475 e. The summed E-state index contributed by atoms with van der Waals surface area (Å²) in [6.07, 6.45) is -0.721. The molecule has 3 aromatic heterocycles. The largest absolute Gasteiger partial charge is 0.490 e. The van der Waals surface area contributed by atoms with E-state index in [0.717, 1.165) is 24.8 Å². The van der Waals surface area contributed by atoms with Gasteiger partial charge >= 0.3 is 12.1 Å². The number of alkyl halides is 3. The minimum absolute atomic E-state index is 0.117. The van der Waals surface area contributed by atoms with Gasteiger partial charge in [0, 0.05) is 22.8 Å². The number of nitriles is 1. The van der Waals surface area contributed by atoms with Crippen molar-refractivity contribution in [1.82, 2.24) is 9.61 Å². The van der Waals surface area contributed by atoms with Crippen LogP contribution < -0.4 is 16.4 Å². The van der Waals surface area contributed by atoms with Crippen LogP contribution in [0.25, 0.3) is 5.52 Å². The van der Waals surface area contributed by atoms with E-state index in [2.05, 4.69) is 21.8 Å². The van der Waals surface area contributed by atoms with Crippen LogP contribution in [-0.4, -0.2) is 44.9 Å². The van der Waals surface area contributed by atoms with Crippen molar-refractivity contribution in [3.05, 3.63) is 46.3 Å². The van der Waals surface area contributed by atoms with Gasteiger partial charge in [0.2, 0.25) is 0 Å². The molecule has 0 unspecified atom stereocenters. The number of halogens is 3. The lowest BCUT2D eigenvalue weighted by atomic mass is 9.91. The van der Waals surface area contributed by atoms with Crippen LogP contribution in [0, 0.1) is 11.3 Å². The lowest BCUT2D eigenvalue weighted by molar-refractivity contribution is -0.192. The first-order valence-corrected chi connectivity index (χ1v) is 11.1. The highest BCUT2D eigenvalue weighted by Crippen LogP contribution is 2.23. The van der Waals surface area contributed by atoms with Gasteiger partial charge in [0.05, 0.1) is 16.8 Å². The van der Waals surface area contributed by atoms with Crippen molar-refractivity contribution in [1.29, 1.82) is 5.26 Å². The molecule has 13 heteroatoms. The number of nitrogens with zero attached hydrogens (tertiary/aromatic N) is 3. The van der Waals surface area contributed by atoms with E-state index in [4.69, 9.17) is 20.9 Å². The summed E-state index contributed by atoms with van der Waals surface area (Å²) in [5.74, 6) is -2.36. The molecule has 0 aromatic carbocycles. The van der Waals surface area contributed by atoms with Crippen LogP contribution in [0.4, 0.5) is 24.7 Å². The molecule has 1 fully saturated rings. The topological polar surface area (TPSA) is 146 Å². The summed E-state index contributed by atoms with van der Waals surface area (Å²) in [4.78, 5) is 21.6. The van der Waals surface area contributed by atoms with Gasteiger partial charge in [-0.3, -0.25) is 4.79 Å². The number of nitrogens with two attached hydrogens (primary N) is 1. The monoisotopic (exact) mass is 494 g/mol. The number of carboxylic acids is 1. The van der Waals surface area contributed by atoms with Crippen LogP contribution in [0.3, 0.4) is 0 Å². The number of thiophene rings is 1. The number of fused-ring (bicyclic) bond motifs is 1. The maximum Gasteiger partial charge on any atom is 0.490 e. The molecule has 4 rings (SSSR count). The van der Waals surface area contributed by atoms with E-state index in [9.17, 15) is 18.0 Å². The second-order valence-electron chi connectivity index (χ2n) is 7.54. The van der Waals surface area contributed by atoms with Crippen molar-refractivity contribution in [3.63, 3.8) is 0 Å². The zero-order valence-corrected chi connectivity index (χ0v) is 18.5. The molecule has 5 N–H and O–H groups in total. The fourth-order valence-corrected chi connectivity index (χ4v) is 4.14. The van der Waals surface area contributed by atoms with Crippen LogP contribution in [-0.2, 0) is 4.79 Å². The van der Waals surface area contributed by atoms with Gasteiger partial charge in [-0.05, 0) is 37.1 Å². The number of anilines is 2. The number of hydrogen-bond acceptors (Lipinski definition) is 7. The molecule has 180 valence electrons. The van der Waals surface area contributed by atoms with E-state index in [0.29, 0.717) is 22.8 Å². The van der Waals surface area contributed by atoms with Crippen LogP contribution in [0.15, 0.2) is 35.0 Å². The molecule has 9 nitrogen and oxygen atoms in total. The predicted molar refractivity (Wildman–Crippen MR) is 120 cm³/mol. The lowest BCUT2D eigenvalue weighted by Gasteiger charge is -2.29. The molecule has 0 bridgehead atoms. The van der Waals surface area contributed by atoms with Gasteiger partial charge in [-0.15, -0.1) is 16.4 Å². The number of nitrogens with one attached hydrogen (secondary N) is 2. The fraction of sp³-hybridized carbons (Fsp3) is 0.333. The number of aromatic nitrogens is 2. The zero-order chi connectivity index (χ0) is 24.9. The Hall–Kier alpha value is -3.63. The molecule has 3 heterocycles. The molecule has 1 aliphatic rings. The van der Waals surface area contributed by atoms with E-state index in [1.165, 1.54) is 17.8 Å². The molecule has 0 aliphatic heterocycles. The number of rotatable bonds is 4. The second-order valence-corrected chi connectivity index (χ2v) is 8.28. The SMILES string of the molecule is N#Cc1cscc1NC(=O)c1ccc2ccc(N[C@@H]3CCCC[C@@H]3N)nn12.O=C(O)C(F)(F)F. The average Bonchev–Trinajstić information content (AvgIpc) is 3.41. The number of carbonyl (C=O) groups excluding carboxylic acids is 1. The van der Waals surface area contributed by atoms with E-state index in [1.54, 1.807) is 21.3 Å². The molecule has 0 spiro atoms. The Morgan fingerprint density at radius 1 is 1.21 bits per heavy atom. The van der Waals surface area contributed by atoms with Gasteiger partial charge in [-0.1, -0.05) is 12.8 Å².